The van der Waals surface area contributed by atoms with Crippen LogP contribution in [0.1, 0.15) is 34.8 Å². The minimum Gasteiger partial charge on any atom is -0.332 e. The van der Waals surface area contributed by atoms with E-state index in [2.05, 4.69) is 45.1 Å². The van der Waals surface area contributed by atoms with Crippen LogP contribution in [0.2, 0.25) is 5.02 Å². The molecule has 4 aliphatic rings. The van der Waals surface area contributed by atoms with Gasteiger partial charge in [-0.25, -0.2) is 4.98 Å². The van der Waals surface area contributed by atoms with E-state index in [-0.39, 0.29) is 5.91 Å². The van der Waals surface area contributed by atoms with Crippen LogP contribution in [0.15, 0.2) is 48.7 Å². The molecule has 1 aromatic heterocycles. The van der Waals surface area contributed by atoms with Crippen molar-refractivity contribution in [3.63, 3.8) is 0 Å². The molecule has 6 rings (SSSR count). The van der Waals surface area contributed by atoms with Crippen molar-refractivity contribution in [1.29, 1.82) is 0 Å². The average Bonchev–Trinajstić information content (AvgIpc) is 3.12. The second-order valence-corrected chi connectivity index (χ2v) is 8.13. The second-order valence-electron chi connectivity index (χ2n) is 7.69. The van der Waals surface area contributed by atoms with Gasteiger partial charge in [0.15, 0.2) is 0 Å². The number of nitrogens with zero attached hydrogens (tertiary/aromatic N) is 3. The molecule has 0 radical (unpaired) electrons. The van der Waals surface area contributed by atoms with Crippen LogP contribution in [0.5, 0.6) is 0 Å². The fraction of sp³-hybridized carbons (Fsp3) is 0.429. The number of amides is 1. The highest BCUT2D eigenvalue weighted by Crippen LogP contribution is 2.46. The van der Waals surface area contributed by atoms with E-state index in [1.807, 2.05) is 0 Å². The highest BCUT2D eigenvalue weighted by Gasteiger charge is 2.54. The third-order valence-electron chi connectivity index (χ3n) is 6.43. The quantitative estimate of drug-likeness (QED) is 0.815. The number of pyridine rings is 1. The van der Waals surface area contributed by atoms with Crippen LogP contribution < -0.4 is 0 Å². The van der Waals surface area contributed by atoms with Crippen LogP contribution in [0.25, 0.3) is 0 Å². The maximum absolute atomic E-state index is 13.3. The van der Waals surface area contributed by atoms with Crippen molar-refractivity contribution in [1.82, 2.24) is 14.8 Å². The lowest BCUT2D eigenvalue weighted by molar-refractivity contribution is -0.00358. The Morgan fingerprint density at radius 3 is 2.50 bits per heavy atom. The number of fused-ring (bicyclic) bond motifs is 2. The Hall–Kier alpha value is -1.91. The Kier molecular flexibility index (Phi) is 3.98. The van der Waals surface area contributed by atoms with Gasteiger partial charge in [0, 0.05) is 24.7 Å². The van der Waals surface area contributed by atoms with Crippen LogP contribution >= 0.6 is 11.6 Å². The molecular weight excluding hydrogens is 346 g/mol. The Balaban J connectivity index is 1.52. The minimum absolute atomic E-state index is 0.0452. The topological polar surface area (TPSA) is 36.4 Å². The summed E-state index contributed by atoms with van der Waals surface area (Å²) in [6, 6.07) is 14.9. The van der Waals surface area contributed by atoms with Gasteiger partial charge >= 0.3 is 0 Å². The molecule has 4 nitrogen and oxygen atoms in total. The van der Waals surface area contributed by atoms with E-state index in [9.17, 15) is 4.79 Å². The summed E-state index contributed by atoms with van der Waals surface area (Å²) in [6.07, 6.45) is 3.95. The van der Waals surface area contributed by atoms with Gasteiger partial charge in [-0.1, -0.05) is 41.9 Å². The first-order valence-electron chi connectivity index (χ1n) is 9.44. The molecule has 3 atom stereocenters. The first kappa shape index (κ1) is 16.3. The molecule has 1 amide bonds. The smallest absolute Gasteiger partial charge is 0.272 e. The van der Waals surface area contributed by atoms with Gasteiger partial charge in [-0.15, -0.1) is 0 Å². The summed E-state index contributed by atoms with van der Waals surface area (Å²) < 4.78 is 0. The number of halogens is 1. The molecule has 0 spiro atoms. The molecule has 4 saturated heterocycles. The number of carbonyl (C=O) groups excluding carboxylic acids is 1. The molecule has 4 aliphatic heterocycles. The summed E-state index contributed by atoms with van der Waals surface area (Å²) in [5.41, 5.74) is 1.84. The summed E-state index contributed by atoms with van der Waals surface area (Å²) in [4.78, 5) is 22.3. The number of hydrogen-bond donors (Lipinski definition) is 0. The van der Waals surface area contributed by atoms with Crippen molar-refractivity contribution in [3.05, 3.63) is 64.9 Å². The van der Waals surface area contributed by atoms with Crippen molar-refractivity contribution in [2.45, 2.75) is 30.8 Å². The second kappa shape index (κ2) is 6.36. The lowest BCUT2D eigenvalue weighted by Crippen LogP contribution is -2.60. The molecule has 5 heteroatoms. The molecular formula is C21H22ClN3O. The molecule has 2 bridgehead atoms. The summed E-state index contributed by atoms with van der Waals surface area (Å²) in [5.74, 6) is 1.03. The summed E-state index contributed by atoms with van der Waals surface area (Å²) in [7, 11) is 0. The first-order valence-corrected chi connectivity index (χ1v) is 9.82. The highest BCUT2D eigenvalue weighted by atomic mass is 35.5. The van der Waals surface area contributed by atoms with E-state index in [1.165, 1.54) is 18.4 Å². The normalized spacial score (nSPS) is 32.5. The van der Waals surface area contributed by atoms with Crippen molar-refractivity contribution >= 4 is 17.5 Å². The van der Waals surface area contributed by atoms with Crippen molar-refractivity contribution in [3.8, 4) is 0 Å². The van der Waals surface area contributed by atoms with Gasteiger partial charge < -0.3 is 4.90 Å². The maximum atomic E-state index is 13.3. The van der Waals surface area contributed by atoms with Gasteiger partial charge in [0.1, 0.15) is 5.69 Å². The fourth-order valence-electron chi connectivity index (χ4n) is 5.30. The molecule has 0 aliphatic carbocycles. The number of hydrogen-bond acceptors (Lipinski definition) is 3. The van der Waals surface area contributed by atoms with Gasteiger partial charge in [0.25, 0.3) is 5.91 Å². The Bertz CT molecular complexity index is 802. The standard InChI is InChI=1S/C21H22ClN3O/c22-16-6-7-18(23-12-16)21(26)25-13-17(14-4-2-1-3-5-14)20-19(25)15-8-10-24(20)11-9-15/h1-7,12,15,17,19-20H,8-11,13H2/t17-,19-,20-/m1/s1. The molecule has 0 unspecified atom stereocenters. The third kappa shape index (κ3) is 2.55. The van der Waals surface area contributed by atoms with E-state index < -0.39 is 0 Å². The van der Waals surface area contributed by atoms with E-state index >= 15 is 0 Å². The van der Waals surface area contributed by atoms with Crippen LogP contribution in [-0.2, 0) is 0 Å². The number of benzene rings is 1. The highest BCUT2D eigenvalue weighted by molar-refractivity contribution is 6.30. The van der Waals surface area contributed by atoms with E-state index in [1.54, 1.807) is 18.3 Å². The number of piperidine rings is 3. The SMILES string of the molecule is O=C(c1ccc(Cl)cn1)N1C[C@H](c2ccccc2)[C@@H]2[C@H]1C1CCN2CC1. The Morgan fingerprint density at radius 2 is 1.81 bits per heavy atom. The lowest BCUT2D eigenvalue weighted by atomic mass is 9.75. The minimum atomic E-state index is 0.0452. The largest absolute Gasteiger partial charge is 0.332 e. The predicted octanol–water partition coefficient (Wildman–Crippen LogP) is 3.44. The molecule has 4 fully saturated rings. The van der Waals surface area contributed by atoms with Gasteiger partial charge in [0.2, 0.25) is 0 Å². The molecule has 134 valence electrons. The molecule has 1 aromatic carbocycles. The van der Waals surface area contributed by atoms with Crippen LogP contribution in [0, 0.1) is 5.92 Å². The number of rotatable bonds is 2. The van der Waals surface area contributed by atoms with Crippen molar-refractivity contribution in [2.24, 2.45) is 5.92 Å². The number of aromatic nitrogens is 1. The van der Waals surface area contributed by atoms with Crippen molar-refractivity contribution in [2.75, 3.05) is 19.6 Å². The van der Waals surface area contributed by atoms with Crippen LogP contribution in [0.4, 0.5) is 0 Å². The number of carbonyl (C=O) groups is 1. The van der Waals surface area contributed by atoms with Gasteiger partial charge in [-0.3, -0.25) is 9.69 Å². The third-order valence-corrected chi connectivity index (χ3v) is 6.65. The number of likely N-dealkylation sites (tertiary alicyclic amines) is 1. The Morgan fingerprint density at radius 1 is 1.04 bits per heavy atom. The van der Waals surface area contributed by atoms with Gasteiger partial charge in [-0.2, -0.15) is 0 Å². The molecule has 26 heavy (non-hydrogen) atoms. The van der Waals surface area contributed by atoms with E-state index in [0.717, 1.165) is 19.6 Å². The van der Waals surface area contributed by atoms with Crippen LogP contribution in [-0.4, -0.2) is 52.4 Å². The monoisotopic (exact) mass is 367 g/mol. The summed E-state index contributed by atoms with van der Waals surface area (Å²) >= 11 is 5.95. The van der Waals surface area contributed by atoms with Gasteiger partial charge in [-0.05, 0) is 49.5 Å². The van der Waals surface area contributed by atoms with Crippen molar-refractivity contribution < 1.29 is 4.79 Å². The maximum Gasteiger partial charge on any atom is 0.272 e. The van der Waals surface area contributed by atoms with Crippen LogP contribution in [0.3, 0.4) is 0 Å². The zero-order chi connectivity index (χ0) is 17.7. The zero-order valence-electron chi connectivity index (χ0n) is 14.6. The Labute approximate surface area is 158 Å². The summed E-state index contributed by atoms with van der Waals surface area (Å²) in [6.45, 7) is 3.10. The zero-order valence-corrected chi connectivity index (χ0v) is 15.3. The lowest BCUT2D eigenvalue weighted by Gasteiger charge is -2.51. The molecule has 0 N–H and O–H groups in total. The average molecular weight is 368 g/mol. The van der Waals surface area contributed by atoms with E-state index in [4.69, 9.17) is 11.6 Å². The fourth-order valence-corrected chi connectivity index (χ4v) is 5.41. The summed E-state index contributed by atoms with van der Waals surface area (Å²) in [5, 5.41) is 0.561. The molecule has 2 aromatic rings. The molecule has 0 saturated carbocycles. The predicted molar refractivity (Wildman–Crippen MR) is 101 cm³/mol. The van der Waals surface area contributed by atoms with E-state index in [0.29, 0.717) is 34.6 Å². The van der Waals surface area contributed by atoms with Gasteiger partial charge in [0.05, 0.1) is 11.1 Å². The first-order chi connectivity index (χ1) is 12.7. The molecule has 5 heterocycles.